The summed E-state index contributed by atoms with van der Waals surface area (Å²) in [6.07, 6.45) is 1.19. The molecule has 24 heavy (non-hydrogen) atoms. The summed E-state index contributed by atoms with van der Waals surface area (Å²) in [7, 11) is 0.982. The average Bonchev–Trinajstić information content (AvgIpc) is 2.59. The second-order valence-corrected chi connectivity index (χ2v) is 8.58. The van der Waals surface area contributed by atoms with Crippen LogP contribution in [0, 0.1) is 0 Å². The molecule has 136 valence electrons. The number of halogens is 1. The molecule has 1 aromatic carbocycles. The Balaban J connectivity index is 0.00000288. The van der Waals surface area contributed by atoms with E-state index in [-0.39, 0.29) is 24.0 Å². The van der Waals surface area contributed by atoms with Crippen molar-refractivity contribution in [2.24, 2.45) is 4.99 Å². The molecule has 0 aliphatic carbocycles. The molecule has 0 aromatic heterocycles. The Hall–Kier alpha value is -0.280. The third kappa shape index (κ3) is 7.31. The highest BCUT2D eigenvalue weighted by atomic mass is 127. The van der Waals surface area contributed by atoms with Gasteiger partial charge in [-0.3, -0.25) is 9.20 Å². The quantitative estimate of drug-likeness (QED) is 0.386. The Morgan fingerprint density at radius 2 is 2.17 bits per heavy atom. The van der Waals surface area contributed by atoms with Crippen LogP contribution < -0.4 is 5.32 Å². The van der Waals surface area contributed by atoms with E-state index in [1.54, 1.807) is 0 Å². The third-order valence-electron chi connectivity index (χ3n) is 3.89. The van der Waals surface area contributed by atoms with Crippen molar-refractivity contribution in [3.05, 3.63) is 35.9 Å². The average molecular weight is 481 g/mol. The number of benzene rings is 1. The molecule has 1 fully saturated rings. The van der Waals surface area contributed by atoms with E-state index >= 15 is 0 Å². The molecule has 4 nitrogen and oxygen atoms in total. The molecule has 2 unspecified atom stereocenters. The zero-order chi connectivity index (χ0) is 16.5. The van der Waals surface area contributed by atoms with Crippen LogP contribution in [0.4, 0.5) is 0 Å². The number of aliphatic imine (C=N–C) groups is 1. The van der Waals surface area contributed by atoms with Crippen LogP contribution in [0.3, 0.4) is 0 Å². The molecule has 0 amide bonds. The van der Waals surface area contributed by atoms with E-state index in [9.17, 15) is 4.21 Å². The summed E-state index contributed by atoms with van der Waals surface area (Å²) in [5.41, 5.74) is 1.13. The van der Waals surface area contributed by atoms with Gasteiger partial charge in [0.15, 0.2) is 5.96 Å². The number of hydrogen-bond donors (Lipinski definition) is 1. The summed E-state index contributed by atoms with van der Waals surface area (Å²) in [5.74, 6) is 3.37. The second kappa shape index (κ2) is 12.1. The van der Waals surface area contributed by atoms with E-state index in [2.05, 4.69) is 33.9 Å². The number of hydrogen-bond acceptors (Lipinski definition) is 3. The van der Waals surface area contributed by atoms with Crippen LogP contribution in [-0.2, 0) is 16.6 Å². The molecule has 2 rings (SSSR count). The normalized spacial score (nSPS) is 19.5. The lowest BCUT2D eigenvalue weighted by Crippen LogP contribution is -2.48. The lowest BCUT2D eigenvalue weighted by molar-refractivity contribution is 0.409. The number of rotatable bonds is 6. The molecule has 2 atom stereocenters. The highest BCUT2D eigenvalue weighted by Gasteiger charge is 2.21. The predicted octanol–water partition coefficient (Wildman–Crippen LogP) is 2.96. The number of thioether (sulfide) groups is 1. The van der Waals surface area contributed by atoms with E-state index in [0.29, 0.717) is 23.3 Å². The first-order chi connectivity index (χ1) is 11.2. The smallest absolute Gasteiger partial charge is 0.193 e. The molecular formula is C17H28IN3OS2. The van der Waals surface area contributed by atoms with Gasteiger partial charge in [-0.2, -0.15) is 11.8 Å². The molecule has 1 heterocycles. The minimum absolute atomic E-state index is 0. The molecule has 1 aliphatic heterocycles. The monoisotopic (exact) mass is 481 g/mol. The molecule has 0 bridgehead atoms. The second-order valence-electron chi connectivity index (χ2n) is 5.59. The van der Waals surface area contributed by atoms with Gasteiger partial charge in [-0.05, 0) is 12.0 Å². The summed E-state index contributed by atoms with van der Waals surface area (Å²) in [4.78, 5) is 6.71. The highest BCUT2D eigenvalue weighted by Crippen LogP contribution is 2.20. The molecule has 0 spiro atoms. The van der Waals surface area contributed by atoms with Crippen LogP contribution in [0.5, 0.6) is 0 Å². The van der Waals surface area contributed by atoms with Gasteiger partial charge in [-0.25, -0.2) is 0 Å². The van der Waals surface area contributed by atoms with Crippen molar-refractivity contribution in [1.29, 1.82) is 0 Å². The first-order valence-electron chi connectivity index (χ1n) is 8.19. The first kappa shape index (κ1) is 21.8. The van der Waals surface area contributed by atoms with Crippen LogP contribution in [-0.4, -0.2) is 58.5 Å². The van der Waals surface area contributed by atoms with E-state index < -0.39 is 10.8 Å². The SMILES string of the molecule is CCC1CN(C(=NC)NCCS(=O)Cc2ccccc2)CCS1.I. The molecule has 1 saturated heterocycles. The van der Waals surface area contributed by atoms with E-state index in [0.717, 1.165) is 30.4 Å². The van der Waals surface area contributed by atoms with Crippen LogP contribution in [0.15, 0.2) is 35.3 Å². The van der Waals surface area contributed by atoms with Gasteiger partial charge in [-0.15, -0.1) is 24.0 Å². The molecular weight excluding hydrogens is 453 g/mol. The van der Waals surface area contributed by atoms with Gasteiger partial charge in [0.2, 0.25) is 0 Å². The zero-order valence-corrected chi connectivity index (χ0v) is 18.4. The van der Waals surface area contributed by atoms with E-state index in [1.165, 1.54) is 6.42 Å². The van der Waals surface area contributed by atoms with Gasteiger partial charge in [-0.1, -0.05) is 37.3 Å². The lowest BCUT2D eigenvalue weighted by Gasteiger charge is -2.34. The summed E-state index contributed by atoms with van der Waals surface area (Å²) in [6.45, 7) is 5.03. The van der Waals surface area contributed by atoms with Gasteiger partial charge >= 0.3 is 0 Å². The fraction of sp³-hybridized carbons (Fsp3) is 0.588. The van der Waals surface area contributed by atoms with Crippen molar-refractivity contribution in [2.75, 3.05) is 38.2 Å². The topological polar surface area (TPSA) is 44.7 Å². The number of nitrogens with one attached hydrogen (secondary N) is 1. The van der Waals surface area contributed by atoms with Gasteiger partial charge in [0.05, 0.1) is 0 Å². The van der Waals surface area contributed by atoms with Crippen molar-refractivity contribution in [2.45, 2.75) is 24.3 Å². The Bertz CT molecular complexity index is 528. The van der Waals surface area contributed by atoms with Gasteiger partial charge < -0.3 is 10.2 Å². The lowest BCUT2D eigenvalue weighted by atomic mass is 10.2. The Kier molecular flexibility index (Phi) is 11.0. The van der Waals surface area contributed by atoms with Crippen LogP contribution in [0.1, 0.15) is 18.9 Å². The number of guanidine groups is 1. The molecule has 1 N–H and O–H groups in total. The van der Waals surface area contributed by atoms with Crippen LogP contribution in [0.25, 0.3) is 0 Å². The van der Waals surface area contributed by atoms with Gasteiger partial charge in [0.1, 0.15) is 0 Å². The van der Waals surface area contributed by atoms with Crippen LogP contribution >= 0.6 is 35.7 Å². The maximum atomic E-state index is 12.2. The summed E-state index contributed by atoms with van der Waals surface area (Å²) in [5, 5.41) is 4.06. The predicted molar refractivity (Wildman–Crippen MR) is 118 cm³/mol. The maximum Gasteiger partial charge on any atom is 0.193 e. The highest BCUT2D eigenvalue weighted by molar-refractivity contribution is 14.0. The molecule has 0 radical (unpaired) electrons. The minimum atomic E-state index is -0.843. The van der Waals surface area contributed by atoms with Crippen LogP contribution in [0.2, 0.25) is 0 Å². The zero-order valence-electron chi connectivity index (χ0n) is 14.4. The fourth-order valence-corrected chi connectivity index (χ4v) is 4.82. The van der Waals surface area contributed by atoms with Crippen molar-refractivity contribution in [1.82, 2.24) is 10.2 Å². The molecule has 7 heteroatoms. The van der Waals surface area contributed by atoms with E-state index in [1.807, 2.05) is 37.4 Å². The maximum absolute atomic E-state index is 12.2. The van der Waals surface area contributed by atoms with Gasteiger partial charge in [0, 0.05) is 60.0 Å². The Labute approximate surface area is 169 Å². The fourth-order valence-electron chi connectivity index (χ4n) is 2.60. The Morgan fingerprint density at radius 1 is 1.42 bits per heavy atom. The van der Waals surface area contributed by atoms with Crippen molar-refractivity contribution in [3.63, 3.8) is 0 Å². The number of nitrogens with zero attached hydrogens (tertiary/aromatic N) is 2. The summed E-state index contributed by atoms with van der Waals surface area (Å²) in [6, 6.07) is 10.0. The van der Waals surface area contributed by atoms with E-state index in [4.69, 9.17) is 0 Å². The largest absolute Gasteiger partial charge is 0.355 e. The minimum Gasteiger partial charge on any atom is -0.355 e. The summed E-state index contributed by atoms with van der Waals surface area (Å²) >= 11 is 2.05. The third-order valence-corrected chi connectivity index (χ3v) is 6.58. The summed E-state index contributed by atoms with van der Waals surface area (Å²) < 4.78 is 12.2. The standard InChI is InChI=1S/C17H27N3OS2.HI/c1-3-16-13-20(10-11-22-16)17(18-2)19-9-12-23(21)14-15-7-5-4-6-8-15;/h4-8,16H,3,9-14H2,1-2H3,(H,18,19);1H. The molecule has 0 saturated carbocycles. The Morgan fingerprint density at radius 3 is 2.83 bits per heavy atom. The first-order valence-corrected chi connectivity index (χ1v) is 10.7. The van der Waals surface area contributed by atoms with Crippen molar-refractivity contribution >= 4 is 52.5 Å². The van der Waals surface area contributed by atoms with Crippen molar-refractivity contribution in [3.8, 4) is 0 Å². The molecule has 1 aliphatic rings. The van der Waals surface area contributed by atoms with Gasteiger partial charge in [0.25, 0.3) is 0 Å². The molecule has 1 aromatic rings. The van der Waals surface area contributed by atoms with Crippen molar-refractivity contribution < 1.29 is 4.21 Å².